The molecular weight excluding hydrogens is 380 g/mol. The largest absolute Gasteiger partial charge is 0.350 e. The molecule has 0 aromatic carbocycles. The molecule has 0 radical (unpaired) electrons. The number of carbonyl (C=O) groups is 1. The molecule has 2 saturated heterocycles. The Morgan fingerprint density at radius 3 is 2.83 bits per heavy atom. The molecule has 2 aliphatic rings. The fourth-order valence-electron chi connectivity index (χ4n) is 3.83. The van der Waals surface area contributed by atoms with Crippen LogP contribution < -0.4 is 15.5 Å². The minimum Gasteiger partial charge on any atom is -0.350 e. The Balaban J connectivity index is 0.00000106. The average molecular weight is 409 g/mol. The summed E-state index contributed by atoms with van der Waals surface area (Å²) in [5.41, 5.74) is 2.34. The number of nitrogens with zero attached hydrogens (tertiary/aromatic N) is 6. The molecule has 30 heavy (non-hydrogen) atoms. The van der Waals surface area contributed by atoms with Crippen molar-refractivity contribution in [2.45, 2.75) is 45.6 Å². The summed E-state index contributed by atoms with van der Waals surface area (Å²) in [6.45, 7) is 6.69. The van der Waals surface area contributed by atoms with Crippen LogP contribution in [-0.2, 0) is 4.79 Å². The standard InChI is InChI=1S/C19H22N8O.C2H6/c28-18-4-2-8-26(18)17-12-27-15(10-22-16(27)11-23-17)14-5-7-21-19(25-14)24-13-3-1-6-20-9-13;1-2/h5,7,10-13,20H,1-4,6,8-9H2,(H,21,24,25);1-2H3. The first-order valence-corrected chi connectivity index (χ1v) is 10.7. The molecule has 0 spiro atoms. The molecule has 0 bridgehead atoms. The van der Waals surface area contributed by atoms with E-state index in [1.807, 2.05) is 30.5 Å². The maximum absolute atomic E-state index is 12.1. The lowest BCUT2D eigenvalue weighted by Crippen LogP contribution is -2.38. The third kappa shape index (κ3) is 4.11. The number of amides is 1. The topological polar surface area (TPSA) is 100 Å². The summed E-state index contributed by atoms with van der Waals surface area (Å²) in [5, 5.41) is 6.80. The van der Waals surface area contributed by atoms with E-state index in [4.69, 9.17) is 0 Å². The second-order valence-corrected chi connectivity index (χ2v) is 7.22. The molecule has 1 unspecified atom stereocenters. The van der Waals surface area contributed by atoms with Gasteiger partial charge >= 0.3 is 0 Å². The summed E-state index contributed by atoms with van der Waals surface area (Å²) in [6.07, 6.45) is 10.8. The second kappa shape index (κ2) is 9.17. The van der Waals surface area contributed by atoms with Crippen molar-refractivity contribution < 1.29 is 4.79 Å². The molecule has 9 nitrogen and oxygen atoms in total. The van der Waals surface area contributed by atoms with E-state index in [-0.39, 0.29) is 5.91 Å². The summed E-state index contributed by atoms with van der Waals surface area (Å²) in [7, 11) is 0. The number of rotatable bonds is 4. The monoisotopic (exact) mass is 408 g/mol. The fraction of sp³-hybridized carbons (Fsp3) is 0.476. The average Bonchev–Trinajstić information content (AvgIpc) is 3.41. The van der Waals surface area contributed by atoms with Gasteiger partial charge in [0.25, 0.3) is 0 Å². The van der Waals surface area contributed by atoms with E-state index in [0.717, 1.165) is 49.4 Å². The number of anilines is 2. The predicted octanol–water partition coefficient (Wildman–Crippen LogP) is 2.50. The highest BCUT2D eigenvalue weighted by atomic mass is 16.2. The minimum atomic E-state index is 0.114. The second-order valence-electron chi connectivity index (χ2n) is 7.22. The highest BCUT2D eigenvalue weighted by molar-refractivity contribution is 5.94. The zero-order chi connectivity index (χ0) is 20.9. The number of carbonyl (C=O) groups excluding carboxylic acids is 1. The quantitative estimate of drug-likeness (QED) is 0.684. The van der Waals surface area contributed by atoms with Crippen LogP contribution in [0.15, 0.2) is 30.9 Å². The molecule has 3 aromatic rings. The zero-order valence-electron chi connectivity index (χ0n) is 17.5. The van der Waals surface area contributed by atoms with Crippen molar-refractivity contribution in [3.8, 4) is 11.4 Å². The van der Waals surface area contributed by atoms with Crippen molar-refractivity contribution in [3.63, 3.8) is 0 Å². The molecule has 9 heteroatoms. The van der Waals surface area contributed by atoms with Crippen molar-refractivity contribution in [1.82, 2.24) is 29.7 Å². The molecule has 2 fully saturated rings. The van der Waals surface area contributed by atoms with Crippen LogP contribution in [0.1, 0.15) is 39.5 Å². The molecule has 158 valence electrons. The highest BCUT2D eigenvalue weighted by Gasteiger charge is 2.23. The third-order valence-electron chi connectivity index (χ3n) is 5.28. The lowest BCUT2D eigenvalue weighted by molar-refractivity contribution is -0.117. The SMILES string of the molecule is CC.O=C1CCCN1c1cn2c(-c3ccnc(NC4CCCNC4)n3)cnc2cn1. The molecule has 2 aliphatic heterocycles. The van der Waals surface area contributed by atoms with Gasteiger partial charge in [-0.3, -0.25) is 14.1 Å². The number of fused-ring (bicyclic) bond motifs is 1. The molecule has 3 aromatic heterocycles. The summed E-state index contributed by atoms with van der Waals surface area (Å²) >= 11 is 0. The van der Waals surface area contributed by atoms with Gasteiger partial charge in [-0.15, -0.1) is 0 Å². The Labute approximate surface area is 176 Å². The molecule has 0 aliphatic carbocycles. The van der Waals surface area contributed by atoms with E-state index < -0.39 is 0 Å². The normalized spacial score (nSPS) is 18.9. The molecule has 1 atom stereocenters. The van der Waals surface area contributed by atoms with Crippen LogP contribution in [0.3, 0.4) is 0 Å². The lowest BCUT2D eigenvalue weighted by atomic mass is 10.1. The summed E-state index contributed by atoms with van der Waals surface area (Å²) in [4.78, 5) is 31.7. The zero-order valence-corrected chi connectivity index (χ0v) is 17.5. The molecule has 5 rings (SSSR count). The number of piperidine rings is 1. The van der Waals surface area contributed by atoms with Crippen LogP contribution in [0, 0.1) is 0 Å². The van der Waals surface area contributed by atoms with Gasteiger partial charge in [-0.1, -0.05) is 13.8 Å². The molecule has 5 heterocycles. The van der Waals surface area contributed by atoms with Gasteiger partial charge in [0.15, 0.2) is 11.5 Å². The first kappa shape index (κ1) is 20.2. The van der Waals surface area contributed by atoms with Crippen LogP contribution in [0.25, 0.3) is 17.0 Å². The van der Waals surface area contributed by atoms with Crippen molar-refractivity contribution in [3.05, 3.63) is 30.9 Å². The van der Waals surface area contributed by atoms with Gasteiger partial charge in [0.2, 0.25) is 11.9 Å². The van der Waals surface area contributed by atoms with Gasteiger partial charge in [0.05, 0.1) is 30.0 Å². The Hall–Kier alpha value is -3.07. The first-order chi connectivity index (χ1) is 14.8. The van der Waals surface area contributed by atoms with Gasteiger partial charge in [-0.2, -0.15) is 0 Å². The summed E-state index contributed by atoms with van der Waals surface area (Å²) < 4.78 is 1.93. The van der Waals surface area contributed by atoms with Crippen LogP contribution in [0.4, 0.5) is 11.8 Å². The Bertz CT molecular complexity index is 1010. The van der Waals surface area contributed by atoms with Crippen molar-refractivity contribution in [1.29, 1.82) is 0 Å². The predicted molar refractivity (Wildman–Crippen MR) is 116 cm³/mol. The number of aromatic nitrogens is 5. The maximum Gasteiger partial charge on any atom is 0.228 e. The molecule has 2 N–H and O–H groups in total. The van der Waals surface area contributed by atoms with Gasteiger partial charge in [0.1, 0.15) is 0 Å². The van der Waals surface area contributed by atoms with Gasteiger partial charge in [-0.05, 0) is 31.9 Å². The van der Waals surface area contributed by atoms with Crippen LogP contribution in [0.2, 0.25) is 0 Å². The molecule has 1 amide bonds. The van der Waals surface area contributed by atoms with Crippen LogP contribution in [0.5, 0.6) is 0 Å². The lowest BCUT2D eigenvalue weighted by Gasteiger charge is -2.23. The van der Waals surface area contributed by atoms with E-state index in [1.54, 1.807) is 23.5 Å². The Kier molecular flexibility index (Phi) is 6.18. The van der Waals surface area contributed by atoms with Crippen LogP contribution >= 0.6 is 0 Å². The minimum absolute atomic E-state index is 0.114. The van der Waals surface area contributed by atoms with E-state index in [1.165, 1.54) is 0 Å². The number of hydrogen-bond acceptors (Lipinski definition) is 7. The smallest absolute Gasteiger partial charge is 0.228 e. The number of hydrogen-bond donors (Lipinski definition) is 2. The first-order valence-electron chi connectivity index (χ1n) is 10.7. The maximum atomic E-state index is 12.1. The number of nitrogens with one attached hydrogen (secondary N) is 2. The Morgan fingerprint density at radius 1 is 1.17 bits per heavy atom. The number of imidazole rings is 1. The van der Waals surface area contributed by atoms with E-state index in [9.17, 15) is 4.79 Å². The Morgan fingerprint density at radius 2 is 2.07 bits per heavy atom. The van der Waals surface area contributed by atoms with Crippen molar-refractivity contribution >= 4 is 23.3 Å². The van der Waals surface area contributed by atoms with E-state index >= 15 is 0 Å². The van der Waals surface area contributed by atoms with E-state index in [2.05, 4.69) is 30.6 Å². The molecule has 0 saturated carbocycles. The fourth-order valence-corrected chi connectivity index (χ4v) is 3.83. The summed E-state index contributed by atoms with van der Waals surface area (Å²) in [6, 6.07) is 2.21. The van der Waals surface area contributed by atoms with Gasteiger partial charge in [0, 0.05) is 31.7 Å². The van der Waals surface area contributed by atoms with Gasteiger partial charge < -0.3 is 10.6 Å². The van der Waals surface area contributed by atoms with Crippen LogP contribution in [-0.4, -0.2) is 55.9 Å². The summed E-state index contributed by atoms with van der Waals surface area (Å²) in [5.74, 6) is 1.38. The highest BCUT2D eigenvalue weighted by Crippen LogP contribution is 2.24. The van der Waals surface area contributed by atoms with Crippen molar-refractivity contribution in [2.24, 2.45) is 0 Å². The molecular formula is C21H28N8O. The van der Waals surface area contributed by atoms with Gasteiger partial charge in [-0.25, -0.2) is 19.9 Å². The van der Waals surface area contributed by atoms with E-state index in [0.29, 0.717) is 30.8 Å². The van der Waals surface area contributed by atoms with Crippen molar-refractivity contribution in [2.75, 3.05) is 29.9 Å². The third-order valence-corrected chi connectivity index (χ3v) is 5.28.